The lowest BCUT2D eigenvalue weighted by Gasteiger charge is -2.32. The second kappa shape index (κ2) is 13.4. The number of carboxylic acid groups (broad SMARTS) is 1. The highest BCUT2D eigenvalue weighted by atomic mass is 35.5. The molecule has 4 aromatic rings. The van der Waals surface area contributed by atoms with Gasteiger partial charge in [-0.3, -0.25) is 9.59 Å². The van der Waals surface area contributed by atoms with Gasteiger partial charge >= 0.3 is 5.97 Å². The molecule has 0 saturated heterocycles. The first kappa shape index (κ1) is 33.3. The van der Waals surface area contributed by atoms with Gasteiger partial charge in [-0.25, -0.2) is 4.79 Å². The van der Waals surface area contributed by atoms with Crippen LogP contribution in [-0.4, -0.2) is 66.6 Å². The van der Waals surface area contributed by atoms with Crippen LogP contribution in [0.3, 0.4) is 0 Å². The number of aromatic hydroxyl groups is 1. The number of nitrogens with zero attached hydrogens (tertiary/aromatic N) is 1. The normalized spacial score (nSPS) is 16.6. The number of carboxylic acids is 1. The van der Waals surface area contributed by atoms with Gasteiger partial charge in [-0.2, -0.15) is 0 Å². The summed E-state index contributed by atoms with van der Waals surface area (Å²) in [5.74, 6) is -2.93. The Bertz CT molecular complexity index is 1880. The lowest BCUT2D eigenvalue weighted by atomic mass is 9.92. The number of methoxy groups -OCH3 is 2. The molecular weight excluding hydrogens is 632 g/mol. The highest BCUT2D eigenvalue weighted by Crippen LogP contribution is 2.45. The summed E-state index contributed by atoms with van der Waals surface area (Å²) in [7, 11) is 2.99. The topological polar surface area (TPSA) is 168 Å². The third kappa shape index (κ3) is 6.75. The molecular formula is C34H33ClN2O10. The summed E-state index contributed by atoms with van der Waals surface area (Å²) < 4.78 is 22.9. The van der Waals surface area contributed by atoms with E-state index in [1.807, 2.05) is 13.8 Å². The number of anilines is 2. The fraction of sp³-hybridized carbons (Fsp3) is 0.265. The summed E-state index contributed by atoms with van der Waals surface area (Å²) in [5.41, 5.74) is 1.26. The van der Waals surface area contributed by atoms with E-state index in [1.54, 1.807) is 36.4 Å². The van der Waals surface area contributed by atoms with Gasteiger partial charge in [0.1, 0.15) is 11.7 Å². The van der Waals surface area contributed by atoms with Crippen molar-refractivity contribution in [3.8, 4) is 17.2 Å². The molecule has 1 aromatic heterocycles. The monoisotopic (exact) mass is 664 g/mol. The number of halogens is 1. The van der Waals surface area contributed by atoms with Gasteiger partial charge < -0.3 is 44.2 Å². The summed E-state index contributed by atoms with van der Waals surface area (Å²) in [6.07, 6.45) is 0.261. The molecule has 3 aromatic carbocycles. The van der Waals surface area contributed by atoms with Crippen LogP contribution in [0.25, 0.3) is 11.0 Å². The van der Waals surface area contributed by atoms with Crippen LogP contribution in [0.2, 0.25) is 5.02 Å². The molecule has 1 aliphatic heterocycles. The Hall–Kier alpha value is -5.04. The van der Waals surface area contributed by atoms with Crippen LogP contribution in [0.1, 0.15) is 41.6 Å². The average molecular weight is 665 g/mol. The van der Waals surface area contributed by atoms with Crippen LogP contribution in [0.5, 0.6) is 17.2 Å². The number of aliphatic hydroxyl groups is 1. The van der Waals surface area contributed by atoms with Gasteiger partial charge in [0.15, 0.2) is 23.4 Å². The van der Waals surface area contributed by atoms with Crippen molar-refractivity contribution in [2.75, 3.05) is 37.6 Å². The highest BCUT2D eigenvalue weighted by molar-refractivity contribution is 6.30. The summed E-state index contributed by atoms with van der Waals surface area (Å²) in [6, 6.07) is 14.6. The summed E-state index contributed by atoms with van der Waals surface area (Å²) in [6.45, 7) is 3.54. The number of hydrogen-bond donors (Lipinski definition) is 4. The lowest BCUT2D eigenvalue weighted by molar-refractivity contribution is -0.129. The smallest absolute Gasteiger partial charge is 0.375 e. The first-order valence-corrected chi connectivity index (χ1v) is 14.8. The molecule has 5 rings (SSSR count). The van der Waals surface area contributed by atoms with E-state index in [4.69, 9.17) is 30.2 Å². The molecule has 0 aliphatic carbocycles. The molecule has 2 heterocycles. The molecule has 47 heavy (non-hydrogen) atoms. The van der Waals surface area contributed by atoms with Crippen LogP contribution < -0.4 is 19.7 Å². The van der Waals surface area contributed by atoms with Gasteiger partial charge in [0, 0.05) is 52.2 Å². The van der Waals surface area contributed by atoms with Gasteiger partial charge in [-0.1, -0.05) is 37.6 Å². The van der Waals surface area contributed by atoms with E-state index in [-0.39, 0.29) is 29.8 Å². The zero-order valence-corrected chi connectivity index (χ0v) is 26.7. The first-order valence-electron chi connectivity index (χ1n) is 14.4. The Morgan fingerprint density at radius 1 is 1.09 bits per heavy atom. The maximum Gasteiger partial charge on any atom is 0.375 e. The zero-order chi connectivity index (χ0) is 34.0. The minimum atomic E-state index is -1.44. The minimum absolute atomic E-state index is 0.0973. The van der Waals surface area contributed by atoms with Crippen LogP contribution in [0.15, 0.2) is 71.2 Å². The molecule has 0 bridgehead atoms. The van der Waals surface area contributed by atoms with Crippen LogP contribution in [0.4, 0.5) is 11.4 Å². The molecule has 12 nitrogen and oxygen atoms in total. The van der Waals surface area contributed by atoms with E-state index in [0.29, 0.717) is 33.3 Å². The standard InChI is InChI=1S/C34H33ClN2O10/c1-34(2,17-38)16-37-23-10-8-18(35)14-21(23)29(20-6-5-7-25(44-3)30(20)45-4)47-26(32(37)41)12-13-27(39)36-19-9-11-24-22(15-19)28(40)31(46-24)33(42)43/h5-15,26,29,38,40H,16-17H2,1-4H3,(H,36,39)(H,42,43)/b13-12+/t26?,29-/m1/s1. The van der Waals surface area contributed by atoms with Crippen molar-refractivity contribution in [1.29, 1.82) is 0 Å². The number of hydrogen-bond acceptors (Lipinski definition) is 9. The third-order valence-corrected chi connectivity index (χ3v) is 7.87. The van der Waals surface area contributed by atoms with Crippen molar-refractivity contribution in [2.24, 2.45) is 5.41 Å². The predicted octanol–water partition coefficient (Wildman–Crippen LogP) is 5.54. The van der Waals surface area contributed by atoms with Crippen LogP contribution in [0, 0.1) is 5.41 Å². The van der Waals surface area contributed by atoms with Gasteiger partial charge in [-0.05, 0) is 48.5 Å². The number of rotatable bonds is 10. The Labute approximate surface area is 274 Å². The summed E-state index contributed by atoms with van der Waals surface area (Å²) in [4.78, 5) is 40.1. The van der Waals surface area contributed by atoms with E-state index in [2.05, 4.69) is 5.32 Å². The Kier molecular flexibility index (Phi) is 9.48. The number of para-hydroxylation sites is 1. The van der Waals surface area contributed by atoms with Crippen LogP contribution >= 0.6 is 11.6 Å². The first-order chi connectivity index (χ1) is 22.4. The van der Waals surface area contributed by atoms with E-state index in [0.717, 1.165) is 6.08 Å². The van der Waals surface area contributed by atoms with Gasteiger partial charge in [0.25, 0.3) is 11.7 Å². The maximum atomic E-state index is 14.2. The maximum absolute atomic E-state index is 14.2. The number of benzene rings is 3. The SMILES string of the molecule is COc1cccc([C@H]2OC(/C=C/C(=O)Nc3ccc4oc(C(=O)O)c(O)c4c3)C(=O)N(CC(C)(C)CO)c3ccc(Cl)cc32)c1OC. The van der Waals surface area contributed by atoms with Gasteiger partial charge in [0.05, 0.1) is 19.6 Å². The lowest BCUT2D eigenvalue weighted by Crippen LogP contribution is -2.44. The number of ether oxygens (including phenoxy) is 3. The average Bonchev–Trinajstić information content (AvgIpc) is 3.33. The molecule has 13 heteroatoms. The van der Waals surface area contributed by atoms with Crippen molar-refractivity contribution < 1.29 is 48.3 Å². The fourth-order valence-corrected chi connectivity index (χ4v) is 5.51. The summed E-state index contributed by atoms with van der Waals surface area (Å²) in [5, 5.41) is 32.7. The molecule has 1 aliphatic rings. The molecule has 0 fully saturated rings. The minimum Gasteiger partial charge on any atom is -0.504 e. The van der Waals surface area contributed by atoms with Crippen LogP contribution in [-0.2, 0) is 14.3 Å². The second-order valence-corrected chi connectivity index (χ2v) is 12.1. The van der Waals surface area contributed by atoms with Crippen molar-refractivity contribution in [3.63, 3.8) is 0 Å². The largest absolute Gasteiger partial charge is 0.504 e. The molecule has 4 N–H and O–H groups in total. The van der Waals surface area contributed by atoms with E-state index in [9.17, 15) is 29.7 Å². The molecule has 0 saturated carbocycles. The molecule has 0 radical (unpaired) electrons. The second-order valence-electron chi connectivity index (χ2n) is 11.6. The van der Waals surface area contributed by atoms with Crippen molar-refractivity contribution >= 4 is 51.7 Å². The number of nitrogens with one attached hydrogen (secondary N) is 1. The number of aromatic carboxylic acids is 1. The zero-order valence-electron chi connectivity index (χ0n) is 25.9. The molecule has 0 spiro atoms. The van der Waals surface area contributed by atoms with Gasteiger partial charge in [-0.15, -0.1) is 0 Å². The van der Waals surface area contributed by atoms with E-state index < -0.39 is 46.9 Å². The number of carbonyl (C=O) groups excluding carboxylic acids is 2. The van der Waals surface area contributed by atoms with E-state index in [1.165, 1.54) is 43.4 Å². The molecule has 2 amide bonds. The Morgan fingerprint density at radius 2 is 1.85 bits per heavy atom. The third-order valence-electron chi connectivity index (χ3n) is 7.63. The number of aliphatic hydroxyl groups excluding tert-OH is 1. The number of amides is 2. The highest BCUT2D eigenvalue weighted by Gasteiger charge is 2.39. The quantitative estimate of drug-likeness (QED) is 0.158. The van der Waals surface area contributed by atoms with Crippen molar-refractivity contribution in [1.82, 2.24) is 0 Å². The van der Waals surface area contributed by atoms with Crippen molar-refractivity contribution in [3.05, 3.63) is 88.7 Å². The van der Waals surface area contributed by atoms with Crippen molar-refractivity contribution in [2.45, 2.75) is 26.1 Å². The molecule has 246 valence electrons. The predicted molar refractivity (Wildman–Crippen MR) is 174 cm³/mol. The van der Waals surface area contributed by atoms with E-state index >= 15 is 0 Å². The number of furan rings is 1. The number of fused-ring (bicyclic) bond motifs is 2. The molecule has 1 unspecified atom stereocenters. The number of carbonyl (C=O) groups is 3. The van der Waals surface area contributed by atoms with Gasteiger partial charge in [0.2, 0.25) is 5.91 Å². The summed E-state index contributed by atoms with van der Waals surface area (Å²) >= 11 is 6.47. The fourth-order valence-electron chi connectivity index (χ4n) is 5.33. The molecule has 2 atom stereocenters. The Balaban J connectivity index is 1.54. The Morgan fingerprint density at radius 3 is 2.53 bits per heavy atom.